The molecule has 3 rings (SSSR count). The average molecular weight is 331 g/mol. The second kappa shape index (κ2) is 5.88. The molecule has 0 aliphatic rings. The Morgan fingerprint density at radius 2 is 1.70 bits per heavy atom. The zero-order valence-electron chi connectivity index (χ0n) is 10.5. The molecule has 3 aromatic rings. The summed E-state index contributed by atoms with van der Waals surface area (Å²) in [6.45, 7) is 0.251. The SMILES string of the molecule is Brc1ccccc1-c1nnc(COc2ccccc2)o1. The summed E-state index contributed by atoms with van der Waals surface area (Å²) in [5.41, 5.74) is 0.867. The second-order valence-electron chi connectivity index (χ2n) is 4.08. The number of nitrogens with zero attached hydrogens (tertiary/aromatic N) is 2. The van der Waals surface area contributed by atoms with Gasteiger partial charge in [-0.1, -0.05) is 30.3 Å². The van der Waals surface area contributed by atoms with Crippen molar-refractivity contribution in [1.29, 1.82) is 0 Å². The number of ether oxygens (including phenoxy) is 1. The fraction of sp³-hybridized carbons (Fsp3) is 0.0667. The Morgan fingerprint density at radius 1 is 0.950 bits per heavy atom. The lowest BCUT2D eigenvalue weighted by atomic mass is 10.2. The molecule has 1 aromatic heterocycles. The molecular formula is C15H11BrN2O2. The van der Waals surface area contributed by atoms with Crippen LogP contribution in [-0.4, -0.2) is 10.2 Å². The van der Waals surface area contributed by atoms with Crippen molar-refractivity contribution in [2.45, 2.75) is 6.61 Å². The monoisotopic (exact) mass is 330 g/mol. The summed E-state index contributed by atoms with van der Waals surface area (Å²) < 4.78 is 12.1. The van der Waals surface area contributed by atoms with E-state index in [4.69, 9.17) is 9.15 Å². The molecule has 0 saturated heterocycles. The fourth-order valence-electron chi connectivity index (χ4n) is 1.72. The van der Waals surface area contributed by atoms with Gasteiger partial charge >= 0.3 is 0 Å². The zero-order valence-corrected chi connectivity index (χ0v) is 12.1. The van der Waals surface area contributed by atoms with Gasteiger partial charge in [0.15, 0.2) is 6.61 Å². The Bertz CT molecular complexity index is 698. The van der Waals surface area contributed by atoms with Gasteiger partial charge in [0.25, 0.3) is 5.89 Å². The van der Waals surface area contributed by atoms with E-state index >= 15 is 0 Å². The molecule has 0 spiro atoms. The second-order valence-corrected chi connectivity index (χ2v) is 4.94. The van der Waals surface area contributed by atoms with Crippen molar-refractivity contribution in [2.75, 3.05) is 0 Å². The highest BCUT2D eigenvalue weighted by Gasteiger charge is 2.11. The van der Waals surface area contributed by atoms with Crippen molar-refractivity contribution < 1.29 is 9.15 Å². The van der Waals surface area contributed by atoms with E-state index in [2.05, 4.69) is 26.1 Å². The van der Waals surface area contributed by atoms with Crippen LogP contribution in [0.15, 0.2) is 63.5 Å². The molecule has 1 heterocycles. The number of halogens is 1. The fourth-order valence-corrected chi connectivity index (χ4v) is 2.17. The number of aromatic nitrogens is 2. The van der Waals surface area contributed by atoms with Gasteiger partial charge in [0.2, 0.25) is 5.89 Å². The summed E-state index contributed by atoms with van der Waals surface area (Å²) in [5, 5.41) is 8.02. The highest BCUT2D eigenvalue weighted by Crippen LogP contribution is 2.26. The Kier molecular flexibility index (Phi) is 3.78. The predicted molar refractivity (Wildman–Crippen MR) is 78.2 cm³/mol. The minimum Gasteiger partial charge on any atom is -0.484 e. The van der Waals surface area contributed by atoms with Crippen molar-refractivity contribution >= 4 is 15.9 Å². The Hall–Kier alpha value is -2.14. The third kappa shape index (κ3) is 2.88. The highest BCUT2D eigenvalue weighted by molar-refractivity contribution is 9.10. The molecule has 0 atom stereocenters. The molecule has 100 valence electrons. The minimum atomic E-state index is 0.251. The van der Waals surface area contributed by atoms with E-state index in [0.717, 1.165) is 15.8 Å². The molecule has 0 amide bonds. The first-order valence-electron chi connectivity index (χ1n) is 6.08. The van der Waals surface area contributed by atoms with E-state index < -0.39 is 0 Å². The standard InChI is InChI=1S/C15H11BrN2O2/c16-13-9-5-4-8-12(13)15-18-17-14(20-15)10-19-11-6-2-1-3-7-11/h1-9H,10H2. The molecule has 0 bridgehead atoms. The largest absolute Gasteiger partial charge is 0.484 e. The predicted octanol–water partition coefficient (Wildman–Crippen LogP) is 4.08. The van der Waals surface area contributed by atoms with Crippen molar-refractivity contribution in [3.63, 3.8) is 0 Å². The summed E-state index contributed by atoms with van der Waals surface area (Å²) in [7, 11) is 0. The van der Waals surface area contributed by atoms with Gasteiger partial charge in [-0.3, -0.25) is 0 Å². The van der Waals surface area contributed by atoms with E-state index in [0.29, 0.717) is 11.8 Å². The van der Waals surface area contributed by atoms with E-state index in [9.17, 15) is 0 Å². The van der Waals surface area contributed by atoms with Crippen LogP contribution in [0.2, 0.25) is 0 Å². The van der Waals surface area contributed by atoms with E-state index in [1.807, 2.05) is 54.6 Å². The van der Waals surface area contributed by atoms with Crippen LogP contribution in [0.1, 0.15) is 5.89 Å². The van der Waals surface area contributed by atoms with E-state index in [-0.39, 0.29) is 6.61 Å². The molecule has 0 aliphatic carbocycles. The molecule has 0 aliphatic heterocycles. The van der Waals surface area contributed by atoms with Crippen LogP contribution in [0.4, 0.5) is 0 Å². The molecule has 0 radical (unpaired) electrons. The summed E-state index contributed by atoms with van der Waals surface area (Å²) in [6, 6.07) is 17.2. The van der Waals surface area contributed by atoms with Crippen LogP contribution < -0.4 is 4.74 Å². The highest BCUT2D eigenvalue weighted by atomic mass is 79.9. The lowest BCUT2D eigenvalue weighted by Crippen LogP contribution is -1.95. The van der Waals surface area contributed by atoms with Crippen LogP contribution in [0.5, 0.6) is 5.75 Å². The summed E-state index contributed by atoms with van der Waals surface area (Å²) >= 11 is 3.46. The van der Waals surface area contributed by atoms with Crippen LogP contribution in [0.25, 0.3) is 11.5 Å². The molecule has 4 nitrogen and oxygen atoms in total. The maximum absolute atomic E-state index is 5.60. The maximum atomic E-state index is 5.60. The van der Waals surface area contributed by atoms with Gasteiger partial charge < -0.3 is 9.15 Å². The molecular weight excluding hydrogens is 320 g/mol. The molecule has 0 N–H and O–H groups in total. The van der Waals surface area contributed by atoms with E-state index in [1.54, 1.807) is 0 Å². The smallest absolute Gasteiger partial charge is 0.254 e. The zero-order chi connectivity index (χ0) is 13.8. The van der Waals surface area contributed by atoms with Gasteiger partial charge in [0.05, 0.1) is 5.56 Å². The lowest BCUT2D eigenvalue weighted by molar-refractivity contribution is 0.264. The quantitative estimate of drug-likeness (QED) is 0.723. The molecule has 20 heavy (non-hydrogen) atoms. The normalized spacial score (nSPS) is 10.4. The summed E-state index contributed by atoms with van der Waals surface area (Å²) in [4.78, 5) is 0. The molecule has 2 aromatic carbocycles. The molecule has 0 fully saturated rings. The lowest BCUT2D eigenvalue weighted by Gasteiger charge is -2.01. The van der Waals surface area contributed by atoms with Gasteiger partial charge in [-0.05, 0) is 40.2 Å². The van der Waals surface area contributed by atoms with E-state index in [1.165, 1.54) is 0 Å². The molecule has 0 unspecified atom stereocenters. The Labute approximate surface area is 124 Å². The average Bonchev–Trinajstić information content (AvgIpc) is 2.95. The topological polar surface area (TPSA) is 48.2 Å². The Morgan fingerprint density at radius 3 is 2.50 bits per heavy atom. The van der Waals surface area contributed by atoms with Gasteiger partial charge in [-0.25, -0.2) is 0 Å². The summed E-state index contributed by atoms with van der Waals surface area (Å²) in [5.74, 6) is 1.69. The van der Waals surface area contributed by atoms with Gasteiger partial charge in [0.1, 0.15) is 5.75 Å². The first-order valence-corrected chi connectivity index (χ1v) is 6.87. The van der Waals surface area contributed by atoms with Gasteiger partial charge in [-0.15, -0.1) is 10.2 Å². The van der Waals surface area contributed by atoms with Crippen molar-refractivity contribution in [2.24, 2.45) is 0 Å². The van der Waals surface area contributed by atoms with Crippen LogP contribution in [-0.2, 0) is 6.61 Å². The number of rotatable bonds is 4. The number of benzene rings is 2. The molecule has 0 saturated carbocycles. The van der Waals surface area contributed by atoms with Gasteiger partial charge in [0, 0.05) is 4.47 Å². The number of hydrogen-bond acceptors (Lipinski definition) is 4. The summed E-state index contributed by atoms with van der Waals surface area (Å²) in [6.07, 6.45) is 0. The third-order valence-electron chi connectivity index (χ3n) is 2.68. The first kappa shape index (κ1) is 12.9. The van der Waals surface area contributed by atoms with Crippen molar-refractivity contribution in [3.05, 3.63) is 65.0 Å². The number of hydrogen-bond donors (Lipinski definition) is 0. The third-order valence-corrected chi connectivity index (χ3v) is 3.37. The van der Waals surface area contributed by atoms with Crippen LogP contribution in [0, 0.1) is 0 Å². The molecule has 5 heteroatoms. The maximum Gasteiger partial charge on any atom is 0.254 e. The van der Waals surface area contributed by atoms with Crippen LogP contribution in [0.3, 0.4) is 0 Å². The Balaban J connectivity index is 1.73. The minimum absolute atomic E-state index is 0.251. The van der Waals surface area contributed by atoms with Crippen LogP contribution >= 0.6 is 15.9 Å². The van der Waals surface area contributed by atoms with Crippen molar-refractivity contribution in [1.82, 2.24) is 10.2 Å². The van der Waals surface area contributed by atoms with Gasteiger partial charge in [-0.2, -0.15) is 0 Å². The van der Waals surface area contributed by atoms with Crippen molar-refractivity contribution in [3.8, 4) is 17.2 Å². The first-order chi connectivity index (χ1) is 9.83. The number of para-hydroxylation sites is 1.